The number of hydrogen-bond acceptors (Lipinski definition) is 2. The molecule has 1 aromatic heterocycles. The first-order chi connectivity index (χ1) is 7.23. The third kappa shape index (κ3) is 2.66. The number of alkyl halides is 3. The molecular weight excluding hydrogens is 245 g/mol. The van der Waals surface area contributed by atoms with Gasteiger partial charge in [-0.15, -0.1) is 0 Å². The van der Waals surface area contributed by atoms with Crippen LogP contribution in [0, 0.1) is 18.3 Å². The highest BCUT2D eigenvalue weighted by Crippen LogP contribution is 2.28. The van der Waals surface area contributed by atoms with Gasteiger partial charge >= 0.3 is 6.18 Å². The first-order valence-corrected chi connectivity index (χ1v) is 4.69. The molecule has 0 aliphatic rings. The van der Waals surface area contributed by atoms with E-state index in [0.717, 1.165) is 4.68 Å². The number of nitrogens with zero attached hydrogens (tertiary/aromatic N) is 2. The fourth-order valence-electron chi connectivity index (χ4n) is 1.16. The summed E-state index contributed by atoms with van der Waals surface area (Å²) in [5.74, 6) is -2.97. The first kappa shape index (κ1) is 12.8. The van der Waals surface area contributed by atoms with Crippen LogP contribution in [0.4, 0.5) is 13.2 Å². The Bertz CT molecular complexity index is 398. The van der Waals surface area contributed by atoms with E-state index < -0.39 is 24.5 Å². The largest absolute Gasteiger partial charge is 0.400 e. The van der Waals surface area contributed by atoms with Crippen molar-refractivity contribution in [2.24, 2.45) is 11.7 Å². The van der Waals surface area contributed by atoms with Crippen LogP contribution in [-0.4, -0.2) is 21.8 Å². The zero-order valence-corrected chi connectivity index (χ0v) is 9.10. The summed E-state index contributed by atoms with van der Waals surface area (Å²) in [6, 6.07) is 0. The van der Waals surface area contributed by atoms with Gasteiger partial charge in [0.1, 0.15) is 11.8 Å². The highest BCUT2D eigenvalue weighted by molar-refractivity contribution is 6.31. The fraction of sp³-hybridized carbons (Fsp3) is 0.500. The number of nitrogens with two attached hydrogens (primary N) is 1. The van der Waals surface area contributed by atoms with Gasteiger partial charge in [-0.3, -0.25) is 10.1 Å². The third-order valence-electron chi connectivity index (χ3n) is 2.17. The molecule has 0 fully saturated rings. The molecule has 1 atom stereocenters. The topological polar surface area (TPSA) is 67.7 Å². The molecule has 1 aromatic rings. The van der Waals surface area contributed by atoms with Gasteiger partial charge in [-0.2, -0.15) is 18.3 Å². The Labute approximate surface area is 94.7 Å². The van der Waals surface area contributed by atoms with Crippen LogP contribution in [0.15, 0.2) is 6.20 Å². The Hall–Kier alpha value is -1.24. The predicted molar refractivity (Wildman–Crippen MR) is 53.4 cm³/mol. The molecule has 16 heavy (non-hydrogen) atoms. The molecule has 3 N–H and O–H groups in total. The number of hydrogen-bond donors (Lipinski definition) is 2. The van der Waals surface area contributed by atoms with Crippen molar-refractivity contribution < 1.29 is 13.2 Å². The van der Waals surface area contributed by atoms with Crippen molar-refractivity contribution >= 4 is 17.4 Å². The van der Waals surface area contributed by atoms with Crippen molar-refractivity contribution in [1.82, 2.24) is 9.78 Å². The van der Waals surface area contributed by atoms with E-state index in [0.29, 0.717) is 5.69 Å². The monoisotopic (exact) mass is 254 g/mol. The van der Waals surface area contributed by atoms with Crippen LogP contribution >= 0.6 is 11.6 Å². The normalized spacial score (nSPS) is 13.8. The Morgan fingerprint density at radius 3 is 2.56 bits per heavy atom. The lowest BCUT2D eigenvalue weighted by molar-refractivity contribution is -0.159. The molecule has 1 rings (SSSR count). The average Bonchev–Trinajstić information content (AvgIpc) is 2.42. The van der Waals surface area contributed by atoms with E-state index >= 15 is 0 Å². The number of nitrogens with one attached hydrogen (secondary N) is 1. The van der Waals surface area contributed by atoms with Crippen LogP contribution < -0.4 is 5.73 Å². The summed E-state index contributed by atoms with van der Waals surface area (Å²) in [7, 11) is 0. The second-order valence-corrected chi connectivity index (χ2v) is 3.72. The van der Waals surface area contributed by atoms with E-state index in [1.165, 1.54) is 6.20 Å². The Morgan fingerprint density at radius 1 is 1.69 bits per heavy atom. The van der Waals surface area contributed by atoms with Gasteiger partial charge < -0.3 is 5.73 Å². The molecule has 1 unspecified atom stereocenters. The molecule has 0 amide bonds. The lowest BCUT2D eigenvalue weighted by Gasteiger charge is -2.19. The first-order valence-electron chi connectivity index (χ1n) is 4.32. The van der Waals surface area contributed by atoms with Crippen LogP contribution in [0.3, 0.4) is 0 Å². The fourth-order valence-corrected chi connectivity index (χ4v) is 1.30. The van der Waals surface area contributed by atoms with E-state index in [-0.39, 0.29) is 5.02 Å². The van der Waals surface area contributed by atoms with Gasteiger partial charge in [-0.05, 0) is 6.92 Å². The van der Waals surface area contributed by atoms with Crippen molar-refractivity contribution in [3.05, 3.63) is 16.9 Å². The second kappa shape index (κ2) is 4.32. The van der Waals surface area contributed by atoms with Crippen LogP contribution in [0.2, 0.25) is 5.02 Å². The van der Waals surface area contributed by atoms with Gasteiger partial charge in [0.05, 0.1) is 23.5 Å². The molecule has 0 radical (unpaired) electrons. The van der Waals surface area contributed by atoms with Gasteiger partial charge in [0.15, 0.2) is 0 Å². The number of amidine groups is 1. The van der Waals surface area contributed by atoms with Gasteiger partial charge in [-0.1, -0.05) is 11.6 Å². The van der Waals surface area contributed by atoms with Crippen LogP contribution in [0.1, 0.15) is 5.69 Å². The highest BCUT2D eigenvalue weighted by Gasteiger charge is 2.42. The molecule has 4 nitrogen and oxygen atoms in total. The minimum absolute atomic E-state index is 0.282. The Kier molecular flexibility index (Phi) is 3.47. The molecule has 0 aromatic carbocycles. The number of halogens is 4. The van der Waals surface area contributed by atoms with E-state index in [4.69, 9.17) is 22.7 Å². The van der Waals surface area contributed by atoms with Gasteiger partial charge in [0.25, 0.3) is 0 Å². The van der Waals surface area contributed by atoms with Gasteiger partial charge in [0, 0.05) is 0 Å². The highest BCUT2D eigenvalue weighted by atomic mass is 35.5. The van der Waals surface area contributed by atoms with Crippen molar-refractivity contribution in [3.63, 3.8) is 0 Å². The summed E-state index contributed by atoms with van der Waals surface area (Å²) in [5.41, 5.74) is 5.33. The maximum Gasteiger partial charge on any atom is 0.400 e. The van der Waals surface area contributed by atoms with Crippen molar-refractivity contribution in [2.45, 2.75) is 19.6 Å². The Balaban J connectivity index is 2.93. The summed E-state index contributed by atoms with van der Waals surface area (Å²) in [5, 5.41) is 10.9. The van der Waals surface area contributed by atoms with E-state index in [2.05, 4.69) is 5.10 Å². The molecular formula is C8H10ClF3N4. The Morgan fingerprint density at radius 2 is 2.25 bits per heavy atom. The number of aromatic nitrogens is 2. The molecule has 0 spiro atoms. The molecule has 0 saturated carbocycles. The summed E-state index contributed by atoms with van der Waals surface area (Å²) in [6.45, 7) is 1.01. The van der Waals surface area contributed by atoms with E-state index in [1.807, 2.05) is 0 Å². The van der Waals surface area contributed by atoms with E-state index in [1.54, 1.807) is 6.92 Å². The van der Waals surface area contributed by atoms with Crippen molar-refractivity contribution in [2.75, 3.05) is 0 Å². The minimum atomic E-state index is -4.56. The lowest BCUT2D eigenvalue weighted by Crippen LogP contribution is -2.38. The maximum absolute atomic E-state index is 12.5. The van der Waals surface area contributed by atoms with Crippen LogP contribution in [0.25, 0.3) is 0 Å². The van der Waals surface area contributed by atoms with Crippen LogP contribution in [0.5, 0.6) is 0 Å². The quantitative estimate of drug-likeness (QED) is 0.640. The number of rotatable bonds is 3. The zero-order valence-electron chi connectivity index (χ0n) is 8.35. The smallest absolute Gasteiger partial charge is 0.387 e. The summed E-state index contributed by atoms with van der Waals surface area (Å²) in [6.07, 6.45) is -3.30. The molecule has 0 bridgehead atoms. The van der Waals surface area contributed by atoms with Gasteiger partial charge in [0.2, 0.25) is 0 Å². The average molecular weight is 255 g/mol. The standard InChI is InChI=1S/C8H10ClF3N4/c1-4-6(9)2-15-16(4)3-5(7(13)14)8(10,11)12/h2,5H,3H2,1H3,(H3,13,14). The SMILES string of the molecule is Cc1c(Cl)cnn1CC(C(=N)N)C(F)(F)F. The lowest BCUT2D eigenvalue weighted by atomic mass is 10.1. The molecule has 0 aliphatic heterocycles. The summed E-state index contributed by atoms with van der Waals surface area (Å²) in [4.78, 5) is 0. The summed E-state index contributed by atoms with van der Waals surface area (Å²) < 4.78 is 38.6. The van der Waals surface area contributed by atoms with Crippen molar-refractivity contribution in [1.29, 1.82) is 5.41 Å². The van der Waals surface area contributed by atoms with Crippen molar-refractivity contribution in [3.8, 4) is 0 Å². The molecule has 0 aliphatic carbocycles. The minimum Gasteiger partial charge on any atom is -0.387 e. The summed E-state index contributed by atoms with van der Waals surface area (Å²) >= 11 is 5.66. The molecule has 1 heterocycles. The zero-order chi connectivity index (χ0) is 12.5. The maximum atomic E-state index is 12.5. The third-order valence-corrected chi connectivity index (χ3v) is 2.54. The van der Waals surface area contributed by atoms with Crippen LogP contribution in [-0.2, 0) is 6.54 Å². The van der Waals surface area contributed by atoms with E-state index in [9.17, 15) is 13.2 Å². The van der Waals surface area contributed by atoms with Gasteiger partial charge in [-0.25, -0.2) is 0 Å². The molecule has 8 heteroatoms. The second-order valence-electron chi connectivity index (χ2n) is 3.31. The molecule has 90 valence electrons. The predicted octanol–water partition coefficient (Wildman–Crippen LogP) is 1.96. The molecule has 0 saturated heterocycles.